The highest BCUT2D eigenvalue weighted by Gasteiger charge is 1.96. The van der Waals surface area contributed by atoms with Gasteiger partial charge >= 0.3 is 5.97 Å². The molecular formula is C7H9N2O2. The van der Waals surface area contributed by atoms with E-state index in [-0.39, 0.29) is 6.42 Å². The highest BCUT2D eigenvalue weighted by atomic mass is 16.4. The Balaban J connectivity index is 2.19. The van der Waals surface area contributed by atoms with Crippen LogP contribution >= 0.6 is 0 Å². The fourth-order valence-corrected chi connectivity index (χ4v) is 0.783. The molecule has 0 saturated carbocycles. The van der Waals surface area contributed by atoms with Crippen molar-refractivity contribution in [1.82, 2.24) is 9.55 Å². The lowest BCUT2D eigenvalue weighted by Gasteiger charge is -1.97. The number of carboxylic acid groups (broad SMARTS) is 1. The van der Waals surface area contributed by atoms with Crippen LogP contribution in [0.3, 0.4) is 0 Å². The minimum Gasteiger partial charge on any atom is -0.481 e. The van der Waals surface area contributed by atoms with Crippen LogP contribution in [0.4, 0.5) is 0 Å². The van der Waals surface area contributed by atoms with Crippen molar-refractivity contribution in [3.05, 3.63) is 18.7 Å². The van der Waals surface area contributed by atoms with E-state index in [9.17, 15) is 4.79 Å². The number of carbonyl (C=O) groups is 1. The van der Waals surface area contributed by atoms with E-state index in [0.717, 1.165) is 0 Å². The number of imidazole rings is 1. The molecule has 1 aromatic heterocycles. The molecule has 11 heavy (non-hydrogen) atoms. The summed E-state index contributed by atoms with van der Waals surface area (Å²) in [5.74, 6) is -0.755. The highest BCUT2D eigenvalue weighted by molar-refractivity contribution is 5.66. The largest absolute Gasteiger partial charge is 0.481 e. The molecule has 0 aliphatic carbocycles. The van der Waals surface area contributed by atoms with Gasteiger partial charge in [-0.3, -0.25) is 4.79 Å². The smallest absolute Gasteiger partial charge is 0.303 e. The van der Waals surface area contributed by atoms with Gasteiger partial charge in [0.15, 0.2) is 0 Å². The van der Waals surface area contributed by atoms with Crippen molar-refractivity contribution in [2.45, 2.75) is 19.4 Å². The summed E-state index contributed by atoms with van der Waals surface area (Å²) in [6.07, 6.45) is 6.80. The van der Waals surface area contributed by atoms with Gasteiger partial charge in [0.25, 0.3) is 0 Å². The second kappa shape index (κ2) is 3.75. The van der Waals surface area contributed by atoms with Crippen LogP contribution in [0.15, 0.2) is 12.5 Å². The van der Waals surface area contributed by atoms with Gasteiger partial charge in [0.1, 0.15) is 6.20 Å². The molecular weight excluding hydrogens is 144 g/mol. The third kappa shape index (κ3) is 2.84. The molecule has 1 heterocycles. The molecule has 1 N–H and O–H groups in total. The van der Waals surface area contributed by atoms with Gasteiger partial charge in [-0.15, -0.1) is 0 Å². The Morgan fingerprint density at radius 3 is 3.09 bits per heavy atom. The summed E-state index contributed by atoms with van der Waals surface area (Å²) in [4.78, 5) is 13.8. The van der Waals surface area contributed by atoms with Crippen molar-refractivity contribution in [2.75, 3.05) is 0 Å². The number of hydrogen-bond acceptors (Lipinski definition) is 2. The van der Waals surface area contributed by atoms with Crippen LogP contribution in [0.25, 0.3) is 0 Å². The Hall–Kier alpha value is -1.32. The predicted octanol–water partition coefficient (Wildman–Crippen LogP) is 0.548. The topological polar surface area (TPSA) is 55.1 Å². The molecule has 1 aromatic rings. The summed E-state index contributed by atoms with van der Waals surface area (Å²) in [5.41, 5.74) is 0. The van der Waals surface area contributed by atoms with Gasteiger partial charge in [-0.05, 0) is 6.42 Å². The minimum atomic E-state index is -0.755. The molecule has 0 fully saturated rings. The zero-order valence-electron chi connectivity index (χ0n) is 6.03. The van der Waals surface area contributed by atoms with Crippen molar-refractivity contribution >= 4 is 5.97 Å². The van der Waals surface area contributed by atoms with E-state index >= 15 is 0 Å². The van der Waals surface area contributed by atoms with Gasteiger partial charge in [-0.1, -0.05) is 0 Å². The number of nitrogens with zero attached hydrogens (tertiary/aromatic N) is 2. The van der Waals surface area contributed by atoms with E-state index in [1.807, 2.05) is 4.57 Å². The van der Waals surface area contributed by atoms with Gasteiger partial charge in [0.05, 0.1) is 6.33 Å². The SMILES string of the molecule is O=C(O)CCCn1c[c]nc1. The second-order valence-corrected chi connectivity index (χ2v) is 2.24. The number of hydrogen-bond donors (Lipinski definition) is 1. The number of aliphatic carboxylic acids is 1. The quantitative estimate of drug-likeness (QED) is 0.687. The predicted molar refractivity (Wildman–Crippen MR) is 37.9 cm³/mol. The normalized spacial score (nSPS) is 9.82. The van der Waals surface area contributed by atoms with Crippen LogP contribution < -0.4 is 0 Å². The molecule has 0 aliphatic heterocycles. The molecule has 0 unspecified atom stereocenters. The molecule has 0 bridgehead atoms. The van der Waals surface area contributed by atoms with Crippen molar-refractivity contribution in [1.29, 1.82) is 0 Å². The van der Waals surface area contributed by atoms with Crippen molar-refractivity contribution in [3.8, 4) is 0 Å². The Bertz CT molecular complexity index is 218. The fraction of sp³-hybridized carbons (Fsp3) is 0.429. The molecule has 1 rings (SSSR count). The summed E-state index contributed by atoms with van der Waals surface area (Å²) >= 11 is 0. The average molecular weight is 153 g/mol. The Morgan fingerprint density at radius 2 is 2.55 bits per heavy atom. The first-order valence-corrected chi connectivity index (χ1v) is 3.38. The fourth-order valence-electron chi connectivity index (χ4n) is 0.783. The maximum absolute atomic E-state index is 10.1. The first kappa shape index (κ1) is 7.78. The number of rotatable bonds is 4. The number of carboxylic acids is 1. The van der Waals surface area contributed by atoms with E-state index < -0.39 is 5.97 Å². The van der Waals surface area contributed by atoms with Crippen LogP contribution in [-0.4, -0.2) is 20.6 Å². The van der Waals surface area contributed by atoms with E-state index in [0.29, 0.717) is 13.0 Å². The maximum atomic E-state index is 10.1. The molecule has 4 heteroatoms. The van der Waals surface area contributed by atoms with Gasteiger partial charge in [-0.25, -0.2) is 4.98 Å². The van der Waals surface area contributed by atoms with Crippen LogP contribution in [0.1, 0.15) is 12.8 Å². The molecule has 0 amide bonds. The average Bonchev–Trinajstić information content (AvgIpc) is 2.39. The second-order valence-electron chi connectivity index (χ2n) is 2.24. The molecule has 0 saturated heterocycles. The third-order valence-corrected chi connectivity index (χ3v) is 1.31. The zero-order valence-corrected chi connectivity index (χ0v) is 6.03. The molecule has 0 spiro atoms. The Morgan fingerprint density at radius 1 is 1.73 bits per heavy atom. The monoisotopic (exact) mass is 153 g/mol. The summed E-state index contributed by atoms with van der Waals surface area (Å²) in [5, 5.41) is 8.31. The molecule has 59 valence electrons. The lowest BCUT2D eigenvalue weighted by molar-refractivity contribution is -0.137. The van der Waals surface area contributed by atoms with Gasteiger partial charge in [-0.2, -0.15) is 0 Å². The van der Waals surface area contributed by atoms with Gasteiger partial charge < -0.3 is 9.67 Å². The van der Waals surface area contributed by atoms with Gasteiger partial charge in [0.2, 0.25) is 0 Å². The third-order valence-electron chi connectivity index (χ3n) is 1.31. The van der Waals surface area contributed by atoms with Crippen molar-refractivity contribution < 1.29 is 9.90 Å². The lowest BCUT2D eigenvalue weighted by Crippen LogP contribution is -1.99. The van der Waals surface area contributed by atoms with Crippen LogP contribution in [-0.2, 0) is 11.3 Å². The maximum Gasteiger partial charge on any atom is 0.303 e. The van der Waals surface area contributed by atoms with E-state index in [4.69, 9.17) is 5.11 Å². The lowest BCUT2D eigenvalue weighted by atomic mass is 10.3. The Labute approximate surface area is 64.5 Å². The van der Waals surface area contributed by atoms with E-state index in [1.54, 1.807) is 12.5 Å². The molecule has 4 nitrogen and oxygen atoms in total. The van der Waals surface area contributed by atoms with Crippen LogP contribution in [0.5, 0.6) is 0 Å². The van der Waals surface area contributed by atoms with Gasteiger partial charge in [0, 0.05) is 19.2 Å². The first-order chi connectivity index (χ1) is 5.29. The summed E-state index contributed by atoms with van der Waals surface area (Å²) in [6, 6.07) is 0. The number of aryl methyl sites for hydroxylation is 1. The highest BCUT2D eigenvalue weighted by Crippen LogP contribution is 1.93. The zero-order chi connectivity index (χ0) is 8.10. The van der Waals surface area contributed by atoms with Crippen LogP contribution in [0.2, 0.25) is 0 Å². The van der Waals surface area contributed by atoms with Crippen molar-refractivity contribution in [2.24, 2.45) is 0 Å². The Kier molecular flexibility index (Phi) is 2.66. The molecule has 0 atom stereocenters. The van der Waals surface area contributed by atoms with Crippen molar-refractivity contribution in [3.63, 3.8) is 0 Å². The summed E-state index contributed by atoms with van der Waals surface area (Å²) < 4.78 is 1.81. The molecule has 1 radical (unpaired) electrons. The van der Waals surface area contributed by atoms with Crippen LogP contribution in [0, 0.1) is 6.20 Å². The first-order valence-electron chi connectivity index (χ1n) is 3.38. The minimum absolute atomic E-state index is 0.207. The number of aromatic nitrogens is 2. The standard InChI is InChI=1S/C7H9N2O2/c10-7(11)2-1-4-9-5-3-8-6-9/h5-6H,1-2,4H2,(H,10,11). The van der Waals surface area contributed by atoms with E-state index in [2.05, 4.69) is 11.2 Å². The molecule has 0 aromatic carbocycles. The van der Waals surface area contributed by atoms with E-state index in [1.165, 1.54) is 0 Å². The summed E-state index contributed by atoms with van der Waals surface area (Å²) in [6.45, 7) is 0.697. The summed E-state index contributed by atoms with van der Waals surface area (Å²) in [7, 11) is 0. The molecule has 0 aliphatic rings.